The Bertz CT molecular complexity index is 381. The molecule has 0 bridgehead atoms. The van der Waals surface area contributed by atoms with Crippen LogP contribution >= 0.6 is 0 Å². The van der Waals surface area contributed by atoms with Crippen molar-refractivity contribution in [1.29, 1.82) is 0 Å². The van der Waals surface area contributed by atoms with Crippen molar-refractivity contribution in [3.8, 4) is 0 Å². The van der Waals surface area contributed by atoms with Crippen LogP contribution < -0.4 is 0 Å². The highest BCUT2D eigenvalue weighted by atomic mass is 14.5. The fourth-order valence-corrected chi connectivity index (χ4v) is 3.72. The lowest BCUT2D eigenvalue weighted by molar-refractivity contribution is 0.411. The zero-order valence-corrected chi connectivity index (χ0v) is 9.43. The Hall–Kier alpha value is -1.04. The molecule has 3 aliphatic rings. The maximum Gasteiger partial charge on any atom is -0.00682 e. The van der Waals surface area contributed by atoms with Crippen molar-refractivity contribution in [3.05, 3.63) is 48.1 Å². The molecule has 0 spiro atoms. The molecule has 0 amide bonds. The second-order valence-corrected chi connectivity index (χ2v) is 5.18. The van der Waals surface area contributed by atoms with Crippen LogP contribution in [-0.2, 0) is 0 Å². The molecule has 15 heavy (non-hydrogen) atoms. The number of rotatable bonds is 0. The maximum absolute atomic E-state index is 2.42. The second kappa shape index (κ2) is 3.23. The number of hydrogen-bond acceptors (Lipinski definition) is 0. The molecule has 5 atom stereocenters. The van der Waals surface area contributed by atoms with Crippen LogP contribution in [0.15, 0.2) is 48.1 Å². The first kappa shape index (κ1) is 9.21. The summed E-state index contributed by atoms with van der Waals surface area (Å²) in [5, 5.41) is 0. The van der Waals surface area contributed by atoms with Gasteiger partial charge in [-0.3, -0.25) is 0 Å². The SMILES string of the molecule is CC1=CC=CC2C(C)C3C=CC=CC3C12. The highest BCUT2D eigenvalue weighted by molar-refractivity contribution is 5.31. The first-order valence-corrected chi connectivity index (χ1v) is 5.99. The summed E-state index contributed by atoms with van der Waals surface area (Å²) in [5.41, 5.74) is 1.57. The van der Waals surface area contributed by atoms with Crippen LogP contribution in [0.25, 0.3) is 0 Å². The molecule has 5 unspecified atom stereocenters. The van der Waals surface area contributed by atoms with Gasteiger partial charge in [0.05, 0.1) is 0 Å². The van der Waals surface area contributed by atoms with Gasteiger partial charge in [-0.1, -0.05) is 55.0 Å². The summed E-state index contributed by atoms with van der Waals surface area (Å²) in [6, 6.07) is 0. The van der Waals surface area contributed by atoms with E-state index in [-0.39, 0.29) is 0 Å². The third kappa shape index (κ3) is 1.20. The van der Waals surface area contributed by atoms with Crippen LogP contribution in [0.3, 0.4) is 0 Å². The quantitative estimate of drug-likeness (QED) is 0.556. The van der Waals surface area contributed by atoms with Crippen LogP contribution in [0.1, 0.15) is 13.8 Å². The number of fused-ring (bicyclic) bond motifs is 3. The van der Waals surface area contributed by atoms with Gasteiger partial charge in [-0.15, -0.1) is 0 Å². The van der Waals surface area contributed by atoms with E-state index in [9.17, 15) is 0 Å². The van der Waals surface area contributed by atoms with Crippen molar-refractivity contribution in [2.24, 2.45) is 29.6 Å². The van der Waals surface area contributed by atoms with Gasteiger partial charge in [-0.25, -0.2) is 0 Å². The summed E-state index contributed by atoms with van der Waals surface area (Å²) in [6.07, 6.45) is 16.2. The van der Waals surface area contributed by atoms with Gasteiger partial charge >= 0.3 is 0 Å². The molecule has 3 rings (SSSR count). The molecular formula is C15H18. The van der Waals surface area contributed by atoms with E-state index >= 15 is 0 Å². The van der Waals surface area contributed by atoms with Crippen LogP contribution in [0.2, 0.25) is 0 Å². The van der Waals surface area contributed by atoms with Crippen molar-refractivity contribution in [3.63, 3.8) is 0 Å². The number of hydrogen-bond donors (Lipinski definition) is 0. The lowest BCUT2D eigenvalue weighted by Crippen LogP contribution is -2.18. The molecule has 78 valence electrons. The average Bonchev–Trinajstić information content (AvgIpc) is 2.55. The van der Waals surface area contributed by atoms with E-state index < -0.39 is 0 Å². The Labute approximate surface area is 92.1 Å². The molecule has 0 aromatic rings. The van der Waals surface area contributed by atoms with Crippen molar-refractivity contribution in [2.45, 2.75) is 13.8 Å². The predicted molar refractivity (Wildman–Crippen MR) is 64.3 cm³/mol. The van der Waals surface area contributed by atoms with E-state index in [2.05, 4.69) is 56.4 Å². The largest absolute Gasteiger partial charge is 0.0805 e. The molecular weight excluding hydrogens is 180 g/mol. The van der Waals surface area contributed by atoms with Gasteiger partial charge in [0.2, 0.25) is 0 Å². The Morgan fingerprint density at radius 1 is 0.867 bits per heavy atom. The van der Waals surface area contributed by atoms with Crippen molar-refractivity contribution in [1.82, 2.24) is 0 Å². The van der Waals surface area contributed by atoms with Gasteiger partial charge in [-0.2, -0.15) is 0 Å². The number of allylic oxidation sites excluding steroid dienone is 8. The highest BCUT2D eigenvalue weighted by Crippen LogP contribution is 2.52. The summed E-state index contributed by atoms with van der Waals surface area (Å²) >= 11 is 0. The minimum atomic E-state index is 0.746. The Morgan fingerprint density at radius 3 is 2.33 bits per heavy atom. The zero-order chi connectivity index (χ0) is 10.4. The lowest BCUT2D eigenvalue weighted by atomic mass is 9.78. The molecule has 0 heterocycles. The summed E-state index contributed by atoms with van der Waals surface area (Å²) in [5.74, 6) is 3.82. The van der Waals surface area contributed by atoms with Gasteiger partial charge in [0, 0.05) is 0 Å². The molecule has 0 heteroatoms. The second-order valence-electron chi connectivity index (χ2n) is 5.18. The molecule has 0 N–H and O–H groups in total. The molecule has 1 saturated carbocycles. The maximum atomic E-state index is 2.42. The smallest absolute Gasteiger partial charge is 0.00682 e. The molecule has 0 nitrogen and oxygen atoms in total. The predicted octanol–water partition coefficient (Wildman–Crippen LogP) is 3.74. The monoisotopic (exact) mass is 198 g/mol. The third-order valence-electron chi connectivity index (χ3n) is 4.48. The first-order valence-electron chi connectivity index (χ1n) is 5.99. The third-order valence-corrected chi connectivity index (χ3v) is 4.48. The fraction of sp³-hybridized carbons (Fsp3) is 0.467. The Balaban J connectivity index is 2.03. The Morgan fingerprint density at radius 2 is 1.53 bits per heavy atom. The summed E-state index contributed by atoms with van der Waals surface area (Å²) < 4.78 is 0. The lowest BCUT2D eigenvalue weighted by Gasteiger charge is -2.26. The highest BCUT2D eigenvalue weighted by Gasteiger charge is 2.46. The summed E-state index contributed by atoms with van der Waals surface area (Å²) in [6.45, 7) is 4.71. The van der Waals surface area contributed by atoms with Crippen LogP contribution in [0, 0.1) is 29.6 Å². The van der Waals surface area contributed by atoms with Gasteiger partial charge < -0.3 is 0 Å². The molecule has 1 fully saturated rings. The zero-order valence-electron chi connectivity index (χ0n) is 9.43. The molecule has 0 saturated heterocycles. The summed E-state index contributed by atoms with van der Waals surface area (Å²) in [4.78, 5) is 0. The van der Waals surface area contributed by atoms with Gasteiger partial charge in [0.1, 0.15) is 0 Å². The van der Waals surface area contributed by atoms with Crippen molar-refractivity contribution >= 4 is 0 Å². The average molecular weight is 198 g/mol. The van der Waals surface area contributed by atoms with E-state index in [0.29, 0.717) is 0 Å². The van der Waals surface area contributed by atoms with E-state index in [1.807, 2.05) is 0 Å². The van der Waals surface area contributed by atoms with E-state index in [4.69, 9.17) is 0 Å². The van der Waals surface area contributed by atoms with Crippen LogP contribution in [-0.4, -0.2) is 0 Å². The fourth-order valence-electron chi connectivity index (χ4n) is 3.72. The molecule has 0 aliphatic heterocycles. The van der Waals surface area contributed by atoms with Crippen molar-refractivity contribution in [2.75, 3.05) is 0 Å². The van der Waals surface area contributed by atoms with Crippen molar-refractivity contribution < 1.29 is 0 Å². The Kier molecular flexibility index (Phi) is 1.98. The minimum Gasteiger partial charge on any atom is -0.0805 e. The van der Waals surface area contributed by atoms with Gasteiger partial charge in [0.15, 0.2) is 0 Å². The molecule has 0 aromatic heterocycles. The van der Waals surface area contributed by atoms with E-state index in [1.54, 1.807) is 5.57 Å². The standard InChI is InChI=1S/C15H18/c1-10-6-5-9-13-11(2)12-7-3-4-8-14(12)15(10)13/h3-9,11-15H,1-2H3. The summed E-state index contributed by atoms with van der Waals surface area (Å²) in [7, 11) is 0. The molecule has 0 aromatic carbocycles. The molecule has 3 aliphatic carbocycles. The van der Waals surface area contributed by atoms with E-state index in [0.717, 1.165) is 29.6 Å². The topological polar surface area (TPSA) is 0 Å². The van der Waals surface area contributed by atoms with Gasteiger partial charge in [-0.05, 0) is 36.5 Å². The van der Waals surface area contributed by atoms with Crippen LogP contribution in [0.5, 0.6) is 0 Å². The normalized spacial score (nSPS) is 46.3. The molecule has 0 radical (unpaired) electrons. The minimum absolute atomic E-state index is 0.746. The van der Waals surface area contributed by atoms with Gasteiger partial charge in [0.25, 0.3) is 0 Å². The first-order chi connectivity index (χ1) is 7.29. The van der Waals surface area contributed by atoms with Crippen LogP contribution in [0.4, 0.5) is 0 Å². The van der Waals surface area contributed by atoms with E-state index in [1.165, 1.54) is 0 Å².